The molecule has 0 spiro atoms. The van der Waals surface area contributed by atoms with E-state index in [0.29, 0.717) is 6.10 Å². The summed E-state index contributed by atoms with van der Waals surface area (Å²) in [5.41, 5.74) is 0. The molecule has 0 atom stereocenters. The van der Waals surface area contributed by atoms with Crippen molar-refractivity contribution in [2.75, 3.05) is 64.4 Å². The van der Waals surface area contributed by atoms with Crippen LogP contribution in [0.2, 0.25) is 0 Å². The fourth-order valence-corrected chi connectivity index (χ4v) is 3.94. The van der Waals surface area contributed by atoms with Crippen molar-refractivity contribution in [1.82, 2.24) is 25.5 Å². The molecule has 0 unspecified atom stereocenters. The number of guanidine groups is 1. The highest BCUT2D eigenvalue weighted by molar-refractivity contribution is 14.0. The Bertz CT molecular complexity index is 590. The summed E-state index contributed by atoms with van der Waals surface area (Å²) in [4.78, 5) is 17.7. The van der Waals surface area contributed by atoms with Crippen LogP contribution in [0.3, 0.4) is 0 Å². The van der Waals surface area contributed by atoms with E-state index < -0.39 is 0 Å². The molecule has 1 saturated carbocycles. The summed E-state index contributed by atoms with van der Waals surface area (Å²) in [7, 11) is 1.83. The van der Waals surface area contributed by atoms with Crippen molar-refractivity contribution in [2.45, 2.75) is 44.6 Å². The van der Waals surface area contributed by atoms with E-state index in [9.17, 15) is 0 Å². The Morgan fingerprint density at radius 2 is 1.77 bits per heavy atom. The molecule has 2 heterocycles. The van der Waals surface area contributed by atoms with Gasteiger partial charge in [0, 0.05) is 71.9 Å². The molecule has 1 aromatic rings. The Hall–Kier alpha value is -1.20. The average Bonchev–Trinajstić information content (AvgIpc) is 2.79. The lowest BCUT2D eigenvalue weighted by Gasteiger charge is -2.34. The number of halogens is 1. The number of hydrogen-bond donors (Lipinski definition) is 2. The summed E-state index contributed by atoms with van der Waals surface area (Å²) in [6.07, 6.45) is 11.6. The van der Waals surface area contributed by atoms with Crippen LogP contribution in [-0.2, 0) is 4.74 Å². The third-order valence-electron chi connectivity index (χ3n) is 5.67. The highest BCUT2D eigenvalue weighted by Gasteiger charge is 2.18. The molecule has 3 rings (SSSR count). The Morgan fingerprint density at radius 1 is 1.07 bits per heavy atom. The number of nitrogens with zero attached hydrogens (tertiary/aromatic N) is 5. The topological polar surface area (TPSA) is 77.9 Å². The van der Waals surface area contributed by atoms with Crippen LogP contribution in [0.4, 0.5) is 5.95 Å². The van der Waals surface area contributed by atoms with Gasteiger partial charge in [-0.1, -0.05) is 19.3 Å². The Kier molecular flexibility index (Phi) is 12.3. The zero-order valence-electron chi connectivity index (χ0n) is 18.3. The van der Waals surface area contributed by atoms with E-state index in [1.807, 2.05) is 13.1 Å². The average molecular weight is 531 g/mol. The van der Waals surface area contributed by atoms with Crippen molar-refractivity contribution in [3.05, 3.63) is 18.5 Å². The van der Waals surface area contributed by atoms with Gasteiger partial charge in [0.15, 0.2) is 5.96 Å². The van der Waals surface area contributed by atoms with Crippen LogP contribution in [0.1, 0.15) is 38.5 Å². The summed E-state index contributed by atoms with van der Waals surface area (Å²) in [5, 5.41) is 6.81. The smallest absolute Gasteiger partial charge is 0.225 e. The number of rotatable bonds is 9. The van der Waals surface area contributed by atoms with Gasteiger partial charge in [0.25, 0.3) is 0 Å². The minimum atomic E-state index is 0. The molecule has 30 heavy (non-hydrogen) atoms. The summed E-state index contributed by atoms with van der Waals surface area (Å²) in [6, 6.07) is 1.86. The summed E-state index contributed by atoms with van der Waals surface area (Å²) in [6.45, 7) is 7.63. The van der Waals surface area contributed by atoms with Crippen molar-refractivity contribution in [3.63, 3.8) is 0 Å². The molecule has 0 aromatic carbocycles. The van der Waals surface area contributed by atoms with Gasteiger partial charge in [-0.05, 0) is 25.3 Å². The molecule has 8 nitrogen and oxygen atoms in total. The molecular weight excluding hydrogens is 493 g/mol. The number of aliphatic imine (C=N–C) groups is 1. The highest BCUT2D eigenvalue weighted by Crippen LogP contribution is 2.20. The lowest BCUT2D eigenvalue weighted by Crippen LogP contribution is -2.49. The van der Waals surface area contributed by atoms with Gasteiger partial charge in [0.05, 0.1) is 6.10 Å². The first kappa shape index (κ1) is 25.1. The van der Waals surface area contributed by atoms with Gasteiger partial charge in [-0.15, -0.1) is 24.0 Å². The maximum atomic E-state index is 5.98. The van der Waals surface area contributed by atoms with Gasteiger partial charge in [0.2, 0.25) is 5.95 Å². The molecule has 9 heteroatoms. The van der Waals surface area contributed by atoms with E-state index in [1.165, 1.54) is 32.1 Å². The third kappa shape index (κ3) is 8.89. The third-order valence-corrected chi connectivity index (χ3v) is 5.67. The van der Waals surface area contributed by atoms with Crippen LogP contribution in [0.25, 0.3) is 0 Å². The van der Waals surface area contributed by atoms with E-state index in [-0.39, 0.29) is 24.0 Å². The minimum absolute atomic E-state index is 0. The second kappa shape index (κ2) is 14.7. The first-order valence-corrected chi connectivity index (χ1v) is 11.2. The molecule has 0 radical (unpaired) electrons. The van der Waals surface area contributed by atoms with Gasteiger partial charge < -0.3 is 20.3 Å². The van der Waals surface area contributed by atoms with Crippen molar-refractivity contribution < 1.29 is 4.74 Å². The number of ether oxygens (including phenoxy) is 1. The molecule has 0 amide bonds. The first-order valence-electron chi connectivity index (χ1n) is 11.2. The lowest BCUT2D eigenvalue weighted by molar-refractivity contribution is 0.0277. The van der Waals surface area contributed by atoms with E-state index in [0.717, 1.165) is 70.7 Å². The van der Waals surface area contributed by atoms with Crippen LogP contribution in [0.15, 0.2) is 23.5 Å². The van der Waals surface area contributed by atoms with E-state index >= 15 is 0 Å². The van der Waals surface area contributed by atoms with Gasteiger partial charge in [-0.25, -0.2) is 9.97 Å². The molecule has 0 bridgehead atoms. The van der Waals surface area contributed by atoms with E-state index in [2.05, 4.69) is 35.4 Å². The fourth-order valence-electron chi connectivity index (χ4n) is 3.94. The molecule has 2 N–H and O–H groups in total. The van der Waals surface area contributed by atoms with Crippen molar-refractivity contribution in [2.24, 2.45) is 4.99 Å². The van der Waals surface area contributed by atoms with Gasteiger partial charge in [0.1, 0.15) is 0 Å². The SMILES string of the molecule is CN=C(NCCCOC1CCCCC1)NCCN1CCN(c2ncccn2)CC1.I. The summed E-state index contributed by atoms with van der Waals surface area (Å²) >= 11 is 0. The first-order chi connectivity index (χ1) is 14.3. The van der Waals surface area contributed by atoms with E-state index in [1.54, 1.807) is 12.4 Å². The van der Waals surface area contributed by atoms with Crippen LogP contribution in [0, 0.1) is 0 Å². The van der Waals surface area contributed by atoms with Crippen LogP contribution in [0.5, 0.6) is 0 Å². The molecule has 170 valence electrons. The van der Waals surface area contributed by atoms with Gasteiger partial charge in [-0.2, -0.15) is 0 Å². The molecule has 2 aliphatic rings. The van der Waals surface area contributed by atoms with Crippen LogP contribution >= 0.6 is 24.0 Å². The van der Waals surface area contributed by atoms with Gasteiger partial charge >= 0.3 is 0 Å². The van der Waals surface area contributed by atoms with Crippen molar-refractivity contribution >= 4 is 35.9 Å². The molecule has 1 aliphatic carbocycles. The molecule has 2 fully saturated rings. The fraction of sp³-hybridized carbons (Fsp3) is 0.762. The van der Waals surface area contributed by atoms with Gasteiger partial charge in [-0.3, -0.25) is 9.89 Å². The molecule has 1 aliphatic heterocycles. The number of hydrogen-bond acceptors (Lipinski definition) is 6. The Morgan fingerprint density at radius 3 is 2.47 bits per heavy atom. The number of aromatic nitrogens is 2. The number of nitrogens with one attached hydrogen (secondary N) is 2. The Balaban J connectivity index is 0.00000320. The largest absolute Gasteiger partial charge is 0.378 e. The lowest BCUT2D eigenvalue weighted by atomic mass is 9.98. The number of anilines is 1. The van der Waals surface area contributed by atoms with Crippen molar-refractivity contribution in [3.8, 4) is 0 Å². The zero-order chi connectivity index (χ0) is 20.2. The number of piperazine rings is 1. The second-order valence-corrected chi connectivity index (χ2v) is 7.79. The van der Waals surface area contributed by atoms with Crippen LogP contribution < -0.4 is 15.5 Å². The quantitative estimate of drug-likeness (QED) is 0.219. The van der Waals surface area contributed by atoms with E-state index in [4.69, 9.17) is 4.74 Å². The predicted molar refractivity (Wildman–Crippen MR) is 133 cm³/mol. The monoisotopic (exact) mass is 531 g/mol. The standard InChI is InChI=1S/C21H37N7O.HI/c1-22-20(23-11-6-18-29-19-7-3-2-4-8-19)24-12-13-27-14-16-28(17-15-27)21-25-9-5-10-26-21;/h5,9-10,19H,2-4,6-8,11-18H2,1H3,(H2,22,23,24);1H. The molecule has 1 aromatic heterocycles. The molecular formula is C21H38IN7O. The molecule has 1 saturated heterocycles. The van der Waals surface area contributed by atoms with Crippen molar-refractivity contribution in [1.29, 1.82) is 0 Å². The summed E-state index contributed by atoms with van der Waals surface area (Å²) in [5.74, 6) is 1.71. The Labute approximate surface area is 198 Å². The minimum Gasteiger partial charge on any atom is -0.378 e. The maximum absolute atomic E-state index is 5.98. The van der Waals surface area contributed by atoms with Crippen LogP contribution in [-0.4, -0.2) is 86.4 Å². The maximum Gasteiger partial charge on any atom is 0.225 e. The predicted octanol–water partition coefficient (Wildman–Crippen LogP) is 2.12. The highest BCUT2D eigenvalue weighted by atomic mass is 127. The second-order valence-electron chi connectivity index (χ2n) is 7.79. The zero-order valence-corrected chi connectivity index (χ0v) is 20.6. The normalized spacial score (nSPS) is 18.7. The summed E-state index contributed by atoms with van der Waals surface area (Å²) < 4.78 is 5.98.